The molecule has 5 nitrogen and oxygen atoms in total. The first kappa shape index (κ1) is 24.2. The second-order valence-corrected chi connectivity index (χ2v) is 8.42. The number of carbonyl (C=O) groups is 1. The molecule has 1 aromatic heterocycles. The van der Waals surface area contributed by atoms with E-state index >= 15 is 0 Å². The van der Waals surface area contributed by atoms with Crippen molar-refractivity contribution in [1.29, 1.82) is 0 Å². The zero-order chi connectivity index (χ0) is 24.4. The van der Waals surface area contributed by atoms with E-state index in [1.165, 1.54) is 18.2 Å². The molecule has 2 aromatic carbocycles. The Morgan fingerprint density at radius 1 is 1.09 bits per heavy atom. The predicted molar refractivity (Wildman–Crippen MR) is 118 cm³/mol. The van der Waals surface area contributed by atoms with Gasteiger partial charge in [-0.3, -0.25) is 0 Å². The summed E-state index contributed by atoms with van der Waals surface area (Å²) in [6.07, 6.45) is -5.10. The Hall–Kier alpha value is -3.42. The summed E-state index contributed by atoms with van der Waals surface area (Å²) < 4.78 is 60.6. The number of alkyl halides is 3. The van der Waals surface area contributed by atoms with Gasteiger partial charge in [0.1, 0.15) is 34.5 Å². The van der Waals surface area contributed by atoms with E-state index < -0.39 is 29.8 Å². The molecule has 0 saturated carbocycles. The topological polar surface area (TPSA) is 57.9 Å². The predicted octanol–water partition coefficient (Wildman–Crippen LogP) is 7.05. The molecule has 8 heteroatoms. The van der Waals surface area contributed by atoms with E-state index in [0.29, 0.717) is 12.0 Å². The number of ether oxygens (including phenoxy) is 3. The largest absolute Gasteiger partial charge is 0.573 e. The second-order valence-electron chi connectivity index (χ2n) is 8.42. The van der Waals surface area contributed by atoms with Crippen LogP contribution in [0.3, 0.4) is 0 Å². The molecule has 33 heavy (non-hydrogen) atoms. The molecule has 0 radical (unpaired) electrons. The van der Waals surface area contributed by atoms with Crippen molar-refractivity contribution in [1.82, 2.24) is 0 Å². The Balaban J connectivity index is 1.86. The molecular weight excluding hydrogens is 437 g/mol. The summed E-state index contributed by atoms with van der Waals surface area (Å²) in [5.74, 6) is -0.565. The van der Waals surface area contributed by atoms with Crippen LogP contribution in [-0.4, -0.2) is 24.0 Å². The van der Waals surface area contributed by atoms with Crippen LogP contribution in [0, 0.1) is 0 Å². The van der Waals surface area contributed by atoms with Gasteiger partial charge in [-0.2, -0.15) is 0 Å². The number of carbonyl (C=O) groups excluding carboxylic acids is 1. The molecule has 0 spiro atoms. The van der Waals surface area contributed by atoms with Gasteiger partial charge in [-0.25, -0.2) is 4.79 Å². The van der Waals surface area contributed by atoms with Crippen LogP contribution in [-0.2, 0) is 9.53 Å². The van der Waals surface area contributed by atoms with Crippen LogP contribution in [0.2, 0.25) is 0 Å². The number of fused-ring (bicyclic) bond motifs is 1. The van der Waals surface area contributed by atoms with E-state index in [-0.39, 0.29) is 22.6 Å². The minimum absolute atomic E-state index is 0.137. The summed E-state index contributed by atoms with van der Waals surface area (Å²) in [6, 6.07) is 12.9. The minimum Gasteiger partial charge on any atom is -0.488 e. The highest BCUT2D eigenvalue weighted by atomic mass is 19.4. The second kappa shape index (κ2) is 9.21. The first-order valence-electron chi connectivity index (χ1n) is 10.3. The molecule has 1 atom stereocenters. The highest BCUT2D eigenvalue weighted by Crippen LogP contribution is 2.39. The molecule has 0 amide bonds. The Bertz CT molecular complexity index is 1130. The fourth-order valence-electron chi connectivity index (χ4n) is 3.47. The molecule has 0 aliphatic carbocycles. The van der Waals surface area contributed by atoms with Crippen molar-refractivity contribution in [3.05, 3.63) is 60.7 Å². The van der Waals surface area contributed by atoms with Gasteiger partial charge in [0.05, 0.1) is 5.56 Å². The fourth-order valence-corrected chi connectivity index (χ4v) is 3.47. The Morgan fingerprint density at radius 2 is 1.79 bits per heavy atom. The molecule has 0 bridgehead atoms. The van der Waals surface area contributed by atoms with Crippen molar-refractivity contribution in [3.63, 3.8) is 0 Å². The van der Waals surface area contributed by atoms with Crippen LogP contribution in [0.15, 0.2) is 65.1 Å². The Kier molecular flexibility index (Phi) is 6.76. The van der Waals surface area contributed by atoms with E-state index in [4.69, 9.17) is 13.9 Å². The van der Waals surface area contributed by atoms with Gasteiger partial charge in [-0.1, -0.05) is 24.8 Å². The van der Waals surface area contributed by atoms with Crippen LogP contribution < -0.4 is 9.47 Å². The van der Waals surface area contributed by atoms with E-state index in [2.05, 4.69) is 11.3 Å². The highest BCUT2D eigenvalue weighted by Gasteiger charge is 2.33. The van der Waals surface area contributed by atoms with Gasteiger partial charge < -0.3 is 18.6 Å². The molecule has 0 saturated heterocycles. The lowest BCUT2D eigenvalue weighted by molar-refractivity contribution is -0.274. The molecule has 1 heterocycles. The van der Waals surface area contributed by atoms with Crippen LogP contribution in [0.25, 0.3) is 22.3 Å². The smallest absolute Gasteiger partial charge is 0.488 e. The third-order valence-electron chi connectivity index (χ3n) is 4.70. The van der Waals surface area contributed by atoms with E-state index in [1.807, 2.05) is 6.07 Å². The first-order valence-corrected chi connectivity index (χ1v) is 10.3. The normalized spacial score (nSPS) is 12.9. The van der Waals surface area contributed by atoms with Gasteiger partial charge in [0.2, 0.25) is 0 Å². The summed E-state index contributed by atoms with van der Waals surface area (Å²) in [6.45, 7) is 10.3. The van der Waals surface area contributed by atoms with Crippen molar-refractivity contribution in [2.75, 3.05) is 0 Å². The van der Waals surface area contributed by atoms with Crippen molar-refractivity contribution in [2.45, 2.75) is 52.2 Å². The van der Waals surface area contributed by atoms with Gasteiger partial charge in [-0.05, 0) is 52.0 Å². The lowest BCUT2D eigenvalue weighted by atomic mass is 10.0. The molecule has 0 N–H and O–H groups in total. The monoisotopic (exact) mass is 462 g/mol. The average molecular weight is 462 g/mol. The zero-order valence-corrected chi connectivity index (χ0v) is 18.8. The lowest BCUT2D eigenvalue weighted by Gasteiger charge is -2.29. The number of rotatable bonds is 8. The molecule has 0 aliphatic rings. The molecule has 0 aliphatic heterocycles. The van der Waals surface area contributed by atoms with Gasteiger partial charge in [-0.15, -0.1) is 13.2 Å². The number of esters is 1. The van der Waals surface area contributed by atoms with Gasteiger partial charge in [0.15, 0.2) is 0 Å². The van der Waals surface area contributed by atoms with Gasteiger partial charge >= 0.3 is 12.3 Å². The molecule has 0 fully saturated rings. The quantitative estimate of drug-likeness (QED) is 0.265. The maximum atomic E-state index is 13.1. The Labute approximate surface area is 189 Å². The van der Waals surface area contributed by atoms with E-state index in [1.54, 1.807) is 52.0 Å². The number of furan rings is 1. The molecule has 3 aromatic rings. The number of hydrogen-bond acceptors (Lipinski definition) is 5. The van der Waals surface area contributed by atoms with Crippen molar-refractivity contribution < 1.29 is 36.6 Å². The number of hydrogen-bond donors (Lipinski definition) is 0. The Morgan fingerprint density at radius 3 is 2.42 bits per heavy atom. The van der Waals surface area contributed by atoms with E-state index in [0.717, 1.165) is 5.39 Å². The molecule has 3 rings (SSSR count). The number of halogens is 3. The standard InChI is InChI=1S/C25H25F3O5/c1-15(2)23(29)30-16(3)14-24(4,5)32-18-10-11-19(22(13-18)33-25(26,27)28)21-12-17-8-6-7-9-20(17)31-21/h6-13,16H,1,14H2,2-5H3. The van der Waals surface area contributed by atoms with Gasteiger partial charge in [0.25, 0.3) is 0 Å². The van der Waals surface area contributed by atoms with Crippen LogP contribution >= 0.6 is 0 Å². The summed E-state index contributed by atoms with van der Waals surface area (Å²) in [7, 11) is 0. The van der Waals surface area contributed by atoms with Crippen LogP contribution in [0.5, 0.6) is 11.5 Å². The van der Waals surface area contributed by atoms with Crippen LogP contribution in [0.1, 0.15) is 34.1 Å². The van der Waals surface area contributed by atoms with Gasteiger partial charge in [0, 0.05) is 23.4 Å². The maximum absolute atomic E-state index is 13.1. The third kappa shape index (κ3) is 6.54. The number of benzene rings is 2. The van der Waals surface area contributed by atoms with Crippen molar-refractivity contribution in [3.8, 4) is 22.8 Å². The fraction of sp³-hybridized carbons (Fsp3) is 0.320. The third-order valence-corrected chi connectivity index (χ3v) is 4.70. The maximum Gasteiger partial charge on any atom is 0.573 e. The zero-order valence-electron chi connectivity index (χ0n) is 18.8. The molecule has 1 unspecified atom stereocenters. The number of para-hydroxylation sites is 1. The van der Waals surface area contributed by atoms with Crippen LogP contribution in [0.4, 0.5) is 13.2 Å². The van der Waals surface area contributed by atoms with E-state index in [9.17, 15) is 18.0 Å². The lowest BCUT2D eigenvalue weighted by Crippen LogP contribution is -2.34. The minimum atomic E-state index is -4.90. The first-order chi connectivity index (χ1) is 15.3. The SMILES string of the molecule is C=C(C)C(=O)OC(C)CC(C)(C)Oc1ccc(-c2cc3ccccc3o2)c(OC(F)(F)F)c1. The average Bonchev–Trinajstić information content (AvgIpc) is 3.09. The summed E-state index contributed by atoms with van der Waals surface area (Å²) in [4.78, 5) is 11.7. The molecular formula is C25H25F3O5. The van der Waals surface area contributed by atoms with Crippen molar-refractivity contribution >= 4 is 16.9 Å². The molecule has 176 valence electrons. The summed E-state index contributed by atoms with van der Waals surface area (Å²) in [5, 5.41) is 0.755. The summed E-state index contributed by atoms with van der Waals surface area (Å²) in [5.41, 5.74) is 0.101. The summed E-state index contributed by atoms with van der Waals surface area (Å²) >= 11 is 0. The highest BCUT2D eigenvalue weighted by molar-refractivity contribution is 5.87. The van der Waals surface area contributed by atoms with Crippen molar-refractivity contribution in [2.24, 2.45) is 0 Å².